The summed E-state index contributed by atoms with van der Waals surface area (Å²) in [7, 11) is 3.56. The predicted molar refractivity (Wildman–Crippen MR) is 278 cm³/mol. The minimum atomic E-state index is -4.81. The van der Waals surface area contributed by atoms with E-state index < -0.39 is 58.3 Å². The van der Waals surface area contributed by atoms with Gasteiger partial charge in [-0.1, -0.05) is 13.5 Å². The number of cyclic esters (lactones) is 1. The number of nitrogen functional groups attached to an aromatic ring is 1. The number of amides is 1. The monoisotopic (exact) mass is 1110 g/mol. The summed E-state index contributed by atoms with van der Waals surface area (Å²) in [5.74, 6) is -1.96. The predicted octanol–water partition coefficient (Wildman–Crippen LogP) is 6.61. The van der Waals surface area contributed by atoms with E-state index in [1.165, 1.54) is 30.7 Å². The number of fused-ring (bicyclic) bond motifs is 7. The molecule has 18 nitrogen and oxygen atoms in total. The normalized spacial score (nSPS) is 23.2. The number of hydrogen-bond donors (Lipinski definition) is 3. The Balaban J connectivity index is 0.000000178. The number of nitrogens with two attached hydrogens (primary N) is 1. The maximum absolute atomic E-state index is 15.3. The number of halogens is 6. The van der Waals surface area contributed by atoms with E-state index in [0.717, 1.165) is 44.1 Å². The van der Waals surface area contributed by atoms with Gasteiger partial charge >= 0.3 is 18.2 Å². The maximum atomic E-state index is 15.3. The molecule has 5 atom stereocenters. The third kappa shape index (κ3) is 10.8. The smallest absolute Gasteiger partial charge is 0.417 e. The van der Waals surface area contributed by atoms with Crippen LogP contribution in [-0.2, 0) is 66.6 Å². The second-order valence-corrected chi connectivity index (χ2v) is 20.9. The minimum absolute atomic E-state index is 0.0334. The summed E-state index contributed by atoms with van der Waals surface area (Å²) in [4.78, 5) is 66.1. The average molecular weight is 1110 g/mol. The highest BCUT2D eigenvalue weighted by Gasteiger charge is 2.50. The fourth-order valence-electron chi connectivity index (χ4n) is 11.7. The molecule has 5 unspecified atom stereocenters. The van der Waals surface area contributed by atoms with Crippen LogP contribution in [-0.4, -0.2) is 131 Å². The van der Waals surface area contributed by atoms with Gasteiger partial charge in [0.25, 0.3) is 5.56 Å². The Morgan fingerprint density at radius 2 is 1.82 bits per heavy atom. The van der Waals surface area contributed by atoms with E-state index in [4.69, 9.17) is 24.9 Å². The van der Waals surface area contributed by atoms with Crippen molar-refractivity contribution in [3.8, 4) is 17.4 Å². The third-order valence-corrected chi connectivity index (χ3v) is 15.6. The van der Waals surface area contributed by atoms with Crippen molar-refractivity contribution in [1.29, 1.82) is 0 Å². The number of aromatic nitrogens is 4. The van der Waals surface area contributed by atoms with Crippen molar-refractivity contribution in [2.75, 3.05) is 76.0 Å². The summed E-state index contributed by atoms with van der Waals surface area (Å²) in [5.41, 5.74) is 4.95. The Kier molecular flexibility index (Phi) is 16.0. The summed E-state index contributed by atoms with van der Waals surface area (Å²) >= 11 is 0. The minimum Gasteiger partial charge on any atom is -0.461 e. The van der Waals surface area contributed by atoms with Crippen LogP contribution in [0.15, 0.2) is 47.3 Å². The number of anilines is 3. The van der Waals surface area contributed by atoms with Crippen LogP contribution in [0.4, 0.5) is 43.5 Å². The van der Waals surface area contributed by atoms with Gasteiger partial charge in [-0.15, -0.1) is 0 Å². The second kappa shape index (κ2) is 22.3. The number of nitrogens with zero attached hydrogens (tertiary/aromatic N) is 7. The molecule has 5 aromatic rings. The fraction of sp³-hybridized carbons (Fsp3) is 0.473. The summed E-state index contributed by atoms with van der Waals surface area (Å²) < 4.78 is 110. The lowest BCUT2D eigenvalue weighted by Gasteiger charge is -2.41. The van der Waals surface area contributed by atoms with Gasteiger partial charge in [0.1, 0.15) is 37.3 Å². The van der Waals surface area contributed by atoms with Crippen molar-refractivity contribution in [1.82, 2.24) is 29.3 Å². The van der Waals surface area contributed by atoms with Gasteiger partial charge in [0.05, 0.1) is 76.5 Å². The molecule has 1 amide bonds. The fourth-order valence-corrected chi connectivity index (χ4v) is 11.7. The molecular weight excluding hydrogens is 1040 g/mol. The van der Waals surface area contributed by atoms with Crippen LogP contribution in [0.1, 0.15) is 90.3 Å². The van der Waals surface area contributed by atoms with Crippen molar-refractivity contribution < 1.29 is 64.8 Å². The molecule has 11 rings (SSSR count). The molecule has 3 aromatic heterocycles. The van der Waals surface area contributed by atoms with Gasteiger partial charge in [0.2, 0.25) is 6.41 Å². The first-order valence-electron chi connectivity index (χ1n) is 25.8. The maximum Gasteiger partial charge on any atom is 0.417 e. The lowest BCUT2D eigenvalue weighted by Crippen LogP contribution is -2.51. The molecule has 4 N–H and O–H groups in total. The number of piperazine rings is 1. The number of hydrogen-bond acceptors (Lipinski definition) is 16. The Hall–Kier alpha value is -6.99. The number of alkyl halides is 4. The van der Waals surface area contributed by atoms with Crippen molar-refractivity contribution in [3.63, 3.8) is 0 Å². The van der Waals surface area contributed by atoms with Crippen LogP contribution in [0.3, 0.4) is 0 Å². The molecule has 3 fully saturated rings. The molecule has 24 heteroatoms. The van der Waals surface area contributed by atoms with Crippen LogP contribution in [0.25, 0.3) is 22.3 Å². The first-order valence-corrected chi connectivity index (χ1v) is 25.8. The molecule has 0 aliphatic carbocycles. The van der Waals surface area contributed by atoms with E-state index in [1.807, 2.05) is 7.05 Å². The van der Waals surface area contributed by atoms with Gasteiger partial charge in [-0.25, -0.2) is 22.9 Å². The van der Waals surface area contributed by atoms with Gasteiger partial charge in [0, 0.05) is 91.5 Å². The van der Waals surface area contributed by atoms with Crippen molar-refractivity contribution in [2.24, 2.45) is 0 Å². The zero-order chi connectivity index (χ0) is 56.9. The third-order valence-electron chi connectivity index (χ3n) is 15.6. The van der Waals surface area contributed by atoms with Crippen LogP contribution in [0, 0.1) is 18.6 Å². The van der Waals surface area contributed by atoms with E-state index in [0.29, 0.717) is 83.8 Å². The largest absolute Gasteiger partial charge is 0.461 e. The number of methoxy groups -OCH3 is 1. The Morgan fingerprint density at radius 1 is 1.05 bits per heavy atom. The number of esters is 1. The number of likely N-dealkylation sites (N-methyl/N-ethyl adjacent to an activating group) is 1. The molecule has 0 saturated carbocycles. The van der Waals surface area contributed by atoms with Gasteiger partial charge < -0.3 is 49.5 Å². The molecule has 422 valence electrons. The SMILES string of the molecule is C=C(C=O)COC.CCC1(O)C(=O)OCc2c1cc1n(c2=O)Cc2cc3cc(NC=O)c(F)cc3nc2-1.Cc1cc(N)c(F)c(C2Cc3nc(OCC45CCCN4CC(F)C5)nc(N4CCN(C)CC4C)c3CO2)c1C(F)(F)F. The molecule has 6 aliphatic heterocycles. The van der Waals surface area contributed by atoms with Gasteiger partial charge in [-0.05, 0) is 76.5 Å². The second-order valence-electron chi connectivity index (χ2n) is 20.9. The summed E-state index contributed by atoms with van der Waals surface area (Å²) in [6.07, 6.45) is -3.83. The zero-order valence-electron chi connectivity index (χ0n) is 44.3. The highest BCUT2D eigenvalue weighted by molar-refractivity contribution is 5.89. The van der Waals surface area contributed by atoms with E-state index in [-0.39, 0.29) is 84.9 Å². The van der Waals surface area contributed by atoms with E-state index in [9.17, 15) is 46.2 Å². The standard InChI is InChI=1S/C29H37F5N6O2.C21H16FN3O5.C5H8O2/c1-16-9-20(35)25(31)23(24(16)29(32,33)34)22-10-21-19(14-41-22)26(40-8-7-38(3)12-17(40)2)37-27(36-21)42-15-28-5-4-6-39(28)13-18(30)11-28;1-2-21(29)13-5-17-18-11(7-25(17)19(27)12(13)8-30-20(21)28)3-10-4-16(23-9-26)14(22)6-15(10)24-18;1-5(3-6)4-7-2/h9,17-18,22H,4-8,10-15,35H2,1-3H3;3-6,9,29H,2,7-8H2,1H3,(H,23,26);3H,1,4H2,2H3. The highest BCUT2D eigenvalue weighted by atomic mass is 19.4. The van der Waals surface area contributed by atoms with E-state index in [2.05, 4.69) is 48.2 Å². The lowest BCUT2D eigenvalue weighted by atomic mass is 9.86. The number of aliphatic hydroxyl groups is 1. The quantitative estimate of drug-likeness (QED) is 0.0409. The number of pyridine rings is 2. The number of nitrogens with one attached hydrogen (secondary N) is 1. The number of aldehydes is 1. The van der Waals surface area contributed by atoms with E-state index in [1.54, 1.807) is 19.1 Å². The summed E-state index contributed by atoms with van der Waals surface area (Å²) in [6, 6.07) is 7.24. The topological polar surface area (TPSA) is 217 Å². The molecule has 3 saturated heterocycles. The van der Waals surface area contributed by atoms with Crippen LogP contribution < -0.4 is 26.2 Å². The first-order chi connectivity index (χ1) is 37.5. The number of aryl methyl sites for hydroxylation is 1. The average Bonchev–Trinajstić information content (AvgIpc) is 4.26. The summed E-state index contributed by atoms with van der Waals surface area (Å²) in [5, 5.41) is 13.8. The lowest BCUT2D eigenvalue weighted by molar-refractivity contribution is -0.172. The molecule has 6 aliphatic rings. The molecule has 0 bridgehead atoms. The molecular formula is C55H61F6N9O9. The van der Waals surface area contributed by atoms with Gasteiger partial charge in [0.15, 0.2) is 11.4 Å². The van der Waals surface area contributed by atoms with Crippen molar-refractivity contribution >= 4 is 46.8 Å². The molecule has 9 heterocycles. The molecule has 79 heavy (non-hydrogen) atoms. The number of benzene rings is 2. The summed E-state index contributed by atoms with van der Waals surface area (Å²) in [6.45, 7) is 12.3. The number of ether oxygens (including phenoxy) is 4. The highest BCUT2D eigenvalue weighted by Crippen LogP contribution is 2.46. The number of carbonyl (C=O) groups is 3. The Labute approximate surface area is 450 Å². The van der Waals surface area contributed by atoms with Gasteiger partial charge in [-0.2, -0.15) is 23.1 Å². The number of rotatable bonds is 11. The van der Waals surface area contributed by atoms with Crippen LogP contribution >= 0.6 is 0 Å². The Morgan fingerprint density at radius 3 is 2.51 bits per heavy atom. The zero-order valence-corrected chi connectivity index (χ0v) is 44.3. The van der Waals surface area contributed by atoms with Crippen molar-refractivity contribution in [3.05, 3.63) is 109 Å². The van der Waals surface area contributed by atoms with Gasteiger partial charge in [-0.3, -0.25) is 19.3 Å². The van der Waals surface area contributed by atoms with Crippen LogP contribution in [0.5, 0.6) is 6.01 Å². The molecule has 0 spiro atoms. The number of carbonyl (C=O) groups excluding carboxylic acids is 3. The van der Waals surface area contributed by atoms with E-state index >= 15 is 4.39 Å². The van der Waals surface area contributed by atoms with Crippen molar-refractivity contribution in [2.45, 2.75) is 108 Å². The molecule has 2 aromatic carbocycles. The molecule has 0 radical (unpaired) electrons. The first kappa shape index (κ1) is 56.7. The van der Waals surface area contributed by atoms with Crippen LogP contribution in [0.2, 0.25) is 0 Å². The Bertz CT molecular complexity index is 3310.